The van der Waals surface area contributed by atoms with E-state index in [1.165, 1.54) is 37.7 Å². The molecule has 2 aromatic rings. The summed E-state index contributed by atoms with van der Waals surface area (Å²) in [5, 5.41) is 0. The summed E-state index contributed by atoms with van der Waals surface area (Å²) in [6, 6.07) is 20.6. The highest BCUT2D eigenvalue weighted by molar-refractivity contribution is 6.81. The van der Waals surface area contributed by atoms with Gasteiger partial charge in [-0.15, -0.1) is 6.42 Å². The summed E-state index contributed by atoms with van der Waals surface area (Å²) in [4.78, 5) is 0. The Morgan fingerprint density at radius 1 is 0.862 bits per heavy atom. The second-order valence-corrected chi connectivity index (χ2v) is 15.1. The highest BCUT2D eigenvalue weighted by Gasteiger charge is 2.13. The van der Waals surface area contributed by atoms with Crippen molar-refractivity contribution in [2.24, 2.45) is 5.41 Å². The summed E-state index contributed by atoms with van der Waals surface area (Å²) in [5.74, 6) is 2.53. The quantitative estimate of drug-likeness (QED) is 0.246. The van der Waals surface area contributed by atoms with Crippen LogP contribution in [0.4, 0.5) is 0 Å². The minimum Gasteiger partial charge on any atom is -0.115 e. The zero-order valence-corrected chi connectivity index (χ0v) is 20.5. The van der Waals surface area contributed by atoms with Crippen molar-refractivity contribution in [2.45, 2.75) is 72.5 Å². The Balaban J connectivity index is 0.000000436. The molecule has 0 fully saturated rings. The van der Waals surface area contributed by atoms with E-state index in [0.717, 1.165) is 5.56 Å². The van der Waals surface area contributed by atoms with Crippen molar-refractivity contribution in [3.63, 3.8) is 0 Å². The molecule has 0 aliphatic rings. The highest BCUT2D eigenvalue weighted by Crippen LogP contribution is 2.26. The van der Waals surface area contributed by atoms with Crippen molar-refractivity contribution in [1.29, 1.82) is 0 Å². The smallest absolute Gasteiger partial charge is 0.0690 e. The lowest BCUT2D eigenvalue weighted by Gasteiger charge is -2.18. The zero-order chi connectivity index (χ0) is 21.8. The van der Waals surface area contributed by atoms with Crippen LogP contribution in [-0.4, -0.2) is 8.07 Å². The molecule has 0 atom stereocenters. The lowest BCUT2D eigenvalue weighted by Crippen LogP contribution is -2.16. The first-order valence-electron chi connectivity index (χ1n) is 10.9. The lowest BCUT2D eigenvalue weighted by atomic mass is 9.89. The molecule has 0 radical (unpaired) electrons. The molecule has 0 bridgehead atoms. The van der Waals surface area contributed by atoms with E-state index in [4.69, 9.17) is 6.42 Å². The zero-order valence-electron chi connectivity index (χ0n) is 19.5. The Hall–Kier alpha value is -2.04. The molecule has 2 rings (SSSR count). The summed E-state index contributed by atoms with van der Waals surface area (Å²) in [6.07, 6.45) is 11.7. The molecular formula is C28H40Si. The average Bonchev–Trinajstić information content (AvgIpc) is 2.67. The van der Waals surface area contributed by atoms with E-state index in [1.807, 2.05) is 30.3 Å². The lowest BCUT2D eigenvalue weighted by molar-refractivity contribution is 0.358. The Labute approximate surface area is 181 Å². The number of hydrogen-bond donors (Lipinski definition) is 0. The first-order chi connectivity index (χ1) is 13.6. The Morgan fingerprint density at radius 2 is 1.41 bits per heavy atom. The molecule has 0 saturated carbocycles. The van der Waals surface area contributed by atoms with Gasteiger partial charge >= 0.3 is 0 Å². The molecule has 0 amide bonds. The van der Waals surface area contributed by atoms with Crippen molar-refractivity contribution in [3.8, 4) is 12.3 Å². The van der Waals surface area contributed by atoms with E-state index < -0.39 is 8.07 Å². The fourth-order valence-electron chi connectivity index (χ4n) is 3.16. The molecule has 0 aliphatic carbocycles. The SMILES string of the molecule is C#Cc1ccccc1.CC(C)(C)CCCCC/C(=C\[Si](C)(C)C)c1ccccc1. The van der Waals surface area contributed by atoms with Gasteiger partial charge in [-0.3, -0.25) is 0 Å². The van der Waals surface area contributed by atoms with Crippen LogP contribution in [0, 0.1) is 17.8 Å². The van der Waals surface area contributed by atoms with Gasteiger partial charge in [0.1, 0.15) is 0 Å². The fraction of sp³-hybridized carbons (Fsp3) is 0.429. The van der Waals surface area contributed by atoms with Gasteiger partial charge in [0, 0.05) is 5.56 Å². The van der Waals surface area contributed by atoms with Gasteiger partial charge in [0.15, 0.2) is 0 Å². The third-order valence-corrected chi connectivity index (χ3v) is 5.78. The molecule has 0 saturated heterocycles. The number of benzene rings is 2. The van der Waals surface area contributed by atoms with Gasteiger partial charge < -0.3 is 0 Å². The third kappa shape index (κ3) is 12.9. The number of hydrogen-bond acceptors (Lipinski definition) is 0. The van der Waals surface area contributed by atoms with Crippen LogP contribution in [0.15, 0.2) is 66.4 Å². The minimum absolute atomic E-state index is 0.483. The Morgan fingerprint density at radius 3 is 1.86 bits per heavy atom. The second-order valence-electron chi connectivity index (χ2n) is 10.0. The maximum absolute atomic E-state index is 5.10. The summed E-state index contributed by atoms with van der Waals surface area (Å²) in [6.45, 7) is 14.3. The van der Waals surface area contributed by atoms with Crippen molar-refractivity contribution >= 4 is 13.6 Å². The molecule has 0 nitrogen and oxygen atoms in total. The number of terminal acetylenes is 1. The maximum Gasteiger partial charge on any atom is 0.0690 e. The van der Waals surface area contributed by atoms with Crippen LogP contribution < -0.4 is 0 Å². The predicted molar refractivity (Wildman–Crippen MR) is 135 cm³/mol. The first kappa shape index (κ1) is 25.0. The molecule has 156 valence electrons. The molecule has 29 heavy (non-hydrogen) atoms. The van der Waals surface area contributed by atoms with E-state index >= 15 is 0 Å². The van der Waals surface area contributed by atoms with Gasteiger partial charge in [0.05, 0.1) is 8.07 Å². The van der Waals surface area contributed by atoms with Gasteiger partial charge in [-0.1, -0.05) is 113 Å². The molecule has 0 spiro atoms. The summed E-state index contributed by atoms with van der Waals surface area (Å²) in [7, 11) is -1.16. The van der Waals surface area contributed by atoms with Gasteiger partial charge in [0.2, 0.25) is 0 Å². The van der Waals surface area contributed by atoms with Gasteiger partial charge in [-0.25, -0.2) is 0 Å². The van der Waals surface area contributed by atoms with Crippen LogP contribution in [-0.2, 0) is 0 Å². The summed E-state index contributed by atoms with van der Waals surface area (Å²) < 4.78 is 0. The van der Waals surface area contributed by atoms with Crippen LogP contribution in [0.5, 0.6) is 0 Å². The molecule has 0 N–H and O–H groups in total. The van der Waals surface area contributed by atoms with E-state index in [0.29, 0.717) is 5.41 Å². The second kappa shape index (κ2) is 12.5. The standard InChI is InChI=1S/C20H34Si.C8H6/c1-20(2,3)16-12-8-11-15-19(17-21(4,5)6)18-13-9-7-10-14-18;1-2-8-6-4-3-5-7-8/h7,9-10,13-14,17H,8,11-12,15-16H2,1-6H3;1,3-7H/b19-17+;. The molecule has 0 aromatic heterocycles. The van der Waals surface area contributed by atoms with Crippen LogP contribution in [0.25, 0.3) is 5.57 Å². The predicted octanol–water partition coefficient (Wildman–Crippen LogP) is 8.61. The van der Waals surface area contributed by atoms with Crippen molar-refractivity contribution in [1.82, 2.24) is 0 Å². The van der Waals surface area contributed by atoms with Gasteiger partial charge in [0.25, 0.3) is 0 Å². The van der Waals surface area contributed by atoms with Crippen molar-refractivity contribution in [3.05, 3.63) is 77.5 Å². The Bertz CT molecular complexity index is 750. The maximum atomic E-state index is 5.10. The van der Waals surface area contributed by atoms with E-state index in [2.05, 4.69) is 82.4 Å². The van der Waals surface area contributed by atoms with E-state index in [-0.39, 0.29) is 0 Å². The van der Waals surface area contributed by atoms with Gasteiger partial charge in [-0.05, 0) is 47.9 Å². The van der Waals surface area contributed by atoms with Crippen LogP contribution in [0.2, 0.25) is 19.6 Å². The van der Waals surface area contributed by atoms with Gasteiger partial charge in [-0.2, -0.15) is 0 Å². The van der Waals surface area contributed by atoms with Crippen molar-refractivity contribution < 1.29 is 0 Å². The van der Waals surface area contributed by atoms with E-state index in [1.54, 1.807) is 5.57 Å². The molecule has 0 heterocycles. The Kier molecular flexibility index (Phi) is 10.8. The highest BCUT2D eigenvalue weighted by atomic mass is 28.3. The van der Waals surface area contributed by atoms with Crippen LogP contribution in [0.3, 0.4) is 0 Å². The summed E-state index contributed by atoms with van der Waals surface area (Å²) in [5.41, 5.74) is 7.01. The largest absolute Gasteiger partial charge is 0.115 e. The monoisotopic (exact) mass is 404 g/mol. The molecule has 0 unspecified atom stereocenters. The minimum atomic E-state index is -1.16. The number of unbranched alkanes of at least 4 members (excludes halogenated alkanes) is 2. The third-order valence-electron chi connectivity index (χ3n) is 4.57. The molecular weight excluding hydrogens is 364 g/mol. The molecule has 2 aromatic carbocycles. The number of rotatable bonds is 7. The van der Waals surface area contributed by atoms with Crippen LogP contribution >= 0.6 is 0 Å². The molecule has 1 heteroatoms. The normalized spacial score (nSPS) is 12.0. The first-order valence-corrected chi connectivity index (χ1v) is 14.5. The van der Waals surface area contributed by atoms with Crippen molar-refractivity contribution in [2.75, 3.05) is 0 Å². The summed E-state index contributed by atoms with van der Waals surface area (Å²) >= 11 is 0. The topological polar surface area (TPSA) is 0 Å². The van der Waals surface area contributed by atoms with E-state index in [9.17, 15) is 0 Å². The fourth-order valence-corrected chi connectivity index (χ4v) is 4.51. The van der Waals surface area contributed by atoms with Crippen LogP contribution in [0.1, 0.15) is 64.0 Å². The molecule has 0 aliphatic heterocycles. The average molecular weight is 405 g/mol. The number of allylic oxidation sites excluding steroid dienone is 1.